The topological polar surface area (TPSA) is 415 Å². The van der Waals surface area contributed by atoms with Gasteiger partial charge in [-0.25, -0.2) is 0 Å². The molecule has 0 atom stereocenters. The quantitative estimate of drug-likeness (QED) is 0.0411. The van der Waals surface area contributed by atoms with E-state index in [1.807, 2.05) is 80.5 Å². The van der Waals surface area contributed by atoms with Gasteiger partial charge in [0.1, 0.15) is 0 Å². The van der Waals surface area contributed by atoms with Crippen LogP contribution in [0, 0.1) is 60.7 Å². The van der Waals surface area contributed by atoms with Gasteiger partial charge in [0.2, 0.25) is 0 Å². The van der Waals surface area contributed by atoms with E-state index in [2.05, 4.69) is 17.2 Å². The number of nitrogens with two attached hydrogens (primary N) is 6. The van der Waals surface area contributed by atoms with Crippen molar-refractivity contribution in [2.45, 2.75) is 101 Å². The summed E-state index contributed by atoms with van der Waals surface area (Å²) >= 11 is 0. The maximum atomic E-state index is 10.5. The second-order valence-electron chi connectivity index (χ2n) is 14.1. The molecular formula is C57H90N12O12. The van der Waals surface area contributed by atoms with Crippen LogP contribution >= 0.6 is 0 Å². The number of aryl methyl sites for hydroxylation is 3. The molecule has 0 saturated carbocycles. The molecule has 0 radical (unpaired) electrons. The molecule has 0 aliphatic rings. The lowest BCUT2D eigenvalue weighted by Gasteiger charge is -1.98. The van der Waals surface area contributed by atoms with Crippen LogP contribution < -0.4 is 34.4 Å². The third-order valence-corrected chi connectivity index (χ3v) is 9.39. The van der Waals surface area contributed by atoms with Crippen molar-refractivity contribution < 1.29 is 29.5 Å². The van der Waals surface area contributed by atoms with Crippen LogP contribution in [0.3, 0.4) is 0 Å². The van der Waals surface area contributed by atoms with Gasteiger partial charge in [0.15, 0.2) is 0 Å². The monoisotopic (exact) mass is 1130 g/mol. The van der Waals surface area contributed by atoms with E-state index >= 15 is 0 Å². The highest BCUT2D eigenvalue weighted by molar-refractivity contribution is 5.41. The third kappa shape index (κ3) is 40.3. The number of non-ortho nitro benzene ring substituents is 4. The summed E-state index contributed by atoms with van der Waals surface area (Å²) in [6.45, 7) is 19.4. The van der Waals surface area contributed by atoms with Gasteiger partial charge < -0.3 is 34.4 Å². The number of benzene rings is 6. The number of nitrogens with zero attached hydrogens (tertiary/aromatic N) is 6. The van der Waals surface area contributed by atoms with Gasteiger partial charge in [0.05, 0.1) is 29.5 Å². The molecule has 0 aliphatic carbocycles. The molecule has 0 aromatic heterocycles. The van der Waals surface area contributed by atoms with Crippen molar-refractivity contribution >= 4 is 34.1 Å². The average molecular weight is 1140 g/mol. The number of hydrogen-bond donors (Lipinski definition) is 6. The van der Waals surface area contributed by atoms with Gasteiger partial charge >= 0.3 is 0 Å². The molecule has 0 heterocycles. The molecule has 81 heavy (non-hydrogen) atoms. The lowest BCUT2D eigenvalue weighted by Crippen LogP contribution is -2.04. The molecule has 0 bridgehead atoms. The normalized spacial score (nSPS) is 8.67. The highest BCUT2D eigenvalue weighted by Crippen LogP contribution is 2.19. The van der Waals surface area contributed by atoms with E-state index in [-0.39, 0.29) is 53.8 Å². The zero-order chi connectivity index (χ0) is 63.7. The van der Waals surface area contributed by atoms with Crippen molar-refractivity contribution in [3.63, 3.8) is 0 Å². The first kappa shape index (κ1) is 83.8. The maximum absolute atomic E-state index is 10.5. The van der Waals surface area contributed by atoms with Crippen molar-refractivity contribution in [2.75, 3.05) is 40.8 Å². The summed E-state index contributed by atoms with van der Waals surface area (Å²) in [6, 6.07) is 39.7. The summed E-state index contributed by atoms with van der Waals surface area (Å²) < 4.78 is 0. The van der Waals surface area contributed by atoms with Gasteiger partial charge in [0.25, 0.3) is 34.1 Å². The van der Waals surface area contributed by atoms with Gasteiger partial charge in [-0.2, -0.15) is 0 Å². The molecule has 0 saturated heterocycles. The predicted molar refractivity (Wildman–Crippen MR) is 329 cm³/mol. The molecule has 6 aromatic rings. The molecule has 0 amide bonds. The summed E-state index contributed by atoms with van der Waals surface area (Å²) in [5.74, 6) is 0. The highest BCUT2D eigenvalue weighted by atomic mass is 16.6. The minimum atomic E-state index is -0.410. The maximum Gasteiger partial charge on any atom is 0.272 e. The van der Waals surface area contributed by atoms with Crippen molar-refractivity contribution in [1.82, 2.24) is 0 Å². The molecule has 0 spiro atoms. The Bertz CT molecular complexity index is 2560. The fourth-order valence-electron chi connectivity index (χ4n) is 5.73. The Kier molecular flexibility index (Phi) is 59.6. The van der Waals surface area contributed by atoms with Gasteiger partial charge in [-0.3, -0.25) is 60.7 Å². The Morgan fingerprint density at radius 1 is 0.309 bits per heavy atom. The van der Waals surface area contributed by atoms with Gasteiger partial charge in [-0.1, -0.05) is 147 Å². The van der Waals surface area contributed by atoms with E-state index in [4.69, 9.17) is 17.2 Å². The highest BCUT2D eigenvalue weighted by Gasteiger charge is 2.11. The van der Waals surface area contributed by atoms with Crippen LogP contribution in [0.5, 0.6) is 0 Å². The molecular weight excluding hydrogens is 1040 g/mol. The van der Waals surface area contributed by atoms with E-state index in [9.17, 15) is 60.7 Å². The minimum absolute atomic E-state index is 0.121. The fourth-order valence-corrected chi connectivity index (χ4v) is 5.73. The number of hydrogen-bond acceptors (Lipinski definition) is 18. The Balaban J connectivity index is -0.000000200. The lowest BCUT2D eigenvalue weighted by atomic mass is 10.1. The van der Waals surface area contributed by atoms with Crippen LogP contribution in [-0.2, 0) is 38.5 Å². The summed E-state index contributed by atoms with van der Waals surface area (Å²) in [5, 5.41) is 61.9. The van der Waals surface area contributed by atoms with Crippen LogP contribution in [0.15, 0.2) is 146 Å². The molecule has 0 unspecified atom stereocenters. The van der Waals surface area contributed by atoms with Crippen LogP contribution in [0.2, 0.25) is 0 Å². The smallest absolute Gasteiger partial charge is 0.272 e. The molecule has 6 rings (SSSR count). The minimum Gasteiger partial charge on any atom is -0.333 e. The van der Waals surface area contributed by atoms with Crippen LogP contribution in [0.4, 0.5) is 34.1 Å². The molecule has 0 fully saturated rings. The van der Waals surface area contributed by atoms with E-state index < -0.39 is 9.85 Å². The Labute approximate surface area is 477 Å². The van der Waals surface area contributed by atoms with Gasteiger partial charge in [-0.05, 0) is 102 Å². The van der Waals surface area contributed by atoms with Gasteiger partial charge in [-0.15, -0.1) is 0 Å². The zero-order valence-electron chi connectivity index (χ0n) is 49.3. The molecule has 24 heteroatoms. The Hall–Kier alpha value is -8.52. The number of nitro groups is 6. The summed E-state index contributed by atoms with van der Waals surface area (Å²) in [5.41, 5.74) is 35.9. The van der Waals surface area contributed by atoms with Crippen molar-refractivity contribution in [3.8, 4) is 0 Å². The van der Waals surface area contributed by atoms with Crippen molar-refractivity contribution in [1.29, 1.82) is 0 Å². The standard InChI is InChI=1S/3C8H10N2O2.3C8H9NO2.3C2H6.3CH5N/c9-6-5-7-1-3-8(4-2-7)10(11)12;9-5-4-7-2-1-3-8(6-7)10(11)12;9-6-5-7-3-1-2-4-8(7)10(11)12;1-2-7-3-5-8(6-4-7)9(10)11;1-2-7-4-3-5-8(6-7)9(10)11;1-2-7-5-3-4-6-8(7)9(10)11;6*1-2/h1-4H,5-6,9H2;1-3,6H,4-5,9H2;1-4H,5-6,9H2;3*3-6H,2H2,1H3;3*1-2H3;3*2H2,1H3. The van der Waals surface area contributed by atoms with E-state index in [1.165, 1.54) is 69.7 Å². The van der Waals surface area contributed by atoms with E-state index in [0.29, 0.717) is 44.5 Å². The van der Waals surface area contributed by atoms with E-state index in [1.54, 1.807) is 78.9 Å². The second-order valence-corrected chi connectivity index (χ2v) is 14.1. The molecule has 0 aliphatic heterocycles. The second kappa shape index (κ2) is 57.6. The first-order chi connectivity index (χ1) is 39.0. The molecule has 12 N–H and O–H groups in total. The Morgan fingerprint density at radius 2 is 0.617 bits per heavy atom. The van der Waals surface area contributed by atoms with Crippen LogP contribution in [0.1, 0.15) is 95.7 Å². The molecule has 450 valence electrons. The van der Waals surface area contributed by atoms with Crippen molar-refractivity contribution in [3.05, 3.63) is 240 Å². The number of para-hydroxylation sites is 2. The number of rotatable bonds is 15. The summed E-state index contributed by atoms with van der Waals surface area (Å²) in [6.07, 6.45) is 4.45. The summed E-state index contributed by atoms with van der Waals surface area (Å²) in [4.78, 5) is 59.6. The third-order valence-electron chi connectivity index (χ3n) is 9.39. The largest absolute Gasteiger partial charge is 0.333 e. The predicted octanol–water partition coefficient (Wildman–Crippen LogP) is 11.6. The molecule has 24 nitrogen and oxygen atoms in total. The first-order valence-corrected chi connectivity index (χ1v) is 26.2. The van der Waals surface area contributed by atoms with Crippen LogP contribution in [-0.4, -0.2) is 70.3 Å². The SMILES string of the molecule is CC.CC.CC.CCc1ccc([N+](=O)[O-])cc1.CCc1cccc([N+](=O)[O-])c1.CCc1ccccc1[N+](=O)[O-].CN.CN.CN.NCCc1ccc([N+](=O)[O-])cc1.NCCc1cccc([N+](=O)[O-])c1.NCCc1ccccc1[N+](=O)[O-]. The van der Waals surface area contributed by atoms with Crippen molar-refractivity contribution in [2.24, 2.45) is 34.4 Å². The lowest BCUT2D eigenvalue weighted by molar-refractivity contribution is -0.385. The number of nitro benzene ring substituents is 6. The van der Waals surface area contributed by atoms with Gasteiger partial charge in [0, 0.05) is 71.8 Å². The average Bonchev–Trinajstić information content (AvgIpc) is 3.51. The molecule has 6 aromatic carbocycles. The zero-order valence-corrected chi connectivity index (χ0v) is 49.3. The van der Waals surface area contributed by atoms with Crippen LogP contribution in [0.25, 0.3) is 0 Å². The summed E-state index contributed by atoms with van der Waals surface area (Å²) in [7, 11) is 4.50. The van der Waals surface area contributed by atoms with E-state index in [0.717, 1.165) is 47.1 Å². The fraction of sp³-hybridized carbons (Fsp3) is 0.368. The Morgan fingerprint density at radius 3 is 0.938 bits per heavy atom. The first-order valence-electron chi connectivity index (χ1n) is 26.2.